The van der Waals surface area contributed by atoms with Crippen molar-refractivity contribution in [3.8, 4) is 5.75 Å². The van der Waals surface area contributed by atoms with E-state index in [4.69, 9.17) is 5.73 Å². The molecule has 0 unspecified atom stereocenters. The number of nitrogens with two attached hydrogens (primary N) is 1. The van der Waals surface area contributed by atoms with Crippen LogP contribution in [0.3, 0.4) is 0 Å². The maximum absolute atomic E-state index is 11.9. The number of carbonyl (C=O) groups is 1. The largest absolute Gasteiger partial charge is 0.435 e. The second-order valence-corrected chi connectivity index (χ2v) is 3.14. The molecule has 3 nitrogen and oxygen atoms in total. The Labute approximate surface area is 85.8 Å². The number of ketones is 1. The summed E-state index contributed by atoms with van der Waals surface area (Å²) < 4.78 is 28.0. The Morgan fingerprint density at radius 3 is 2.47 bits per heavy atom. The zero-order valence-electron chi connectivity index (χ0n) is 8.38. The van der Waals surface area contributed by atoms with Gasteiger partial charge in [0.15, 0.2) is 5.78 Å². The van der Waals surface area contributed by atoms with Crippen molar-refractivity contribution in [1.29, 1.82) is 0 Å². The van der Waals surface area contributed by atoms with Crippen LogP contribution in [0.5, 0.6) is 5.75 Å². The molecule has 0 spiro atoms. The van der Waals surface area contributed by atoms with Gasteiger partial charge in [0.2, 0.25) is 0 Å². The number of alkyl halides is 2. The van der Waals surface area contributed by atoms with Crippen LogP contribution in [-0.4, -0.2) is 12.4 Å². The third kappa shape index (κ3) is 2.65. The van der Waals surface area contributed by atoms with Crippen molar-refractivity contribution in [2.75, 3.05) is 5.73 Å². The molecule has 82 valence electrons. The molecule has 0 amide bonds. The van der Waals surface area contributed by atoms with Crippen molar-refractivity contribution in [3.05, 3.63) is 23.3 Å². The molecule has 1 rings (SSSR count). The minimum Gasteiger partial charge on any atom is -0.435 e. The number of anilines is 1. The predicted molar refractivity (Wildman–Crippen MR) is 52.2 cm³/mol. The molecule has 5 heteroatoms. The fourth-order valence-corrected chi connectivity index (χ4v) is 1.43. The van der Waals surface area contributed by atoms with Crippen LogP contribution in [0, 0.1) is 6.92 Å². The van der Waals surface area contributed by atoms with Crippen LogP contribution in [0.1, 0.15) is 22.8 Å². The fourth-order valence-electron chi connectivity index (χ4n) is 1.43. The molecular formula is C10H11F2NO2. The molecule has 0 saturated heterocycles. The molecule has 2 N–H and O–H groups in total. The maximum atomic E-state index is 11.9. The van der Waals surface area contributed by atoms with Gasteiger partial charge in [-0.25, -0.2) is 0 Å². The normalized spacial score (nSPS) is 10.5. The average molecular weight is 215 g/mol. The summed E-state index contributed by atoms with van der Waals surface area (Å²) in [6, 6.07) is 2.58. The highest BCUT2D eigenvalue weighted by Gasteiger charge is 2.12. The molecule has 0 aromatic heterocycles. The topological polar surface area (TPSA) is 52.3 Å². The lowest BCUT2D eigenvalue weighted by Gasteiger charge is -2.10. The first-order valence-electron chi connectivity index (χ1n) is 4.27. The van der Waals surface area contributed by atoms with Crippen molar-refractivity contribution in [2.24, 2.45) is 0 Å². The predicted octanol–water partition coefficient (Wildman–Crippen LogP) is 2.38. The van der Waals surface area contributed by atoms with Gasteiger partial charge in [0, 0.05) is 17.3 Å². The van der Waals surface area contributed by atoms with Crippen LogP contribution >= 0.6 is 0 Å². The van der Waals surface area contributed by atoms with E-state index in [9.17, 15) is 13.6 Å². The van der Waals surface area contributed by atoms with Crippen LogP contribution in [0.25, 0.3) is 0 Å². The number of hydrogen-bond acceptors (Lipinski definition) is 3. The summed E-state index contributed by atoms with van der Waals surface area (Å²) in [4.78, 5) is 11.2. The van der Waals surface area contributed by atoms with Crippen LogP contribution in [0.4, 0.5) is 14.5 Å². The first-order valence-corrected chi connectivity index (χ1v) is 4.27. The van der Waals surface area contributed by atoms with Crippen LogP contribution in [0.2, 0.25) is 0 Å². The van der Waals surface area contributed by atoms with Gasteiger partial charge in [0.05, 0.1) is 0 Å². The van der Waals surface area contributed by atoms with Gasteiger partial charge in [-0.1, -0.05) is 0 Å². The minimum atomic E-state index is -2.90. The van der Waals surface area contributed by atoms with E-state index in [2.05, 4.69) is 4.74 Å². The quantitative estimate of drug-likeness (QED) is 0.622. The minimum absolute atomic E-state index is 0.0370. The first kappa shape index (κ1) is 11.4. The van der Waals surface area contributed by atoms with Gasteiger partial charge in [0.1, 0.15) is 5.75 Å². The summed E-state index contributed by atoms with van der Waals surface area (Å²) in [6.45, 7) is 0.0876. The van der Waals surface area contributed by atoms with Gasteiger partial charge in [-0.05, 0) is 25.5 Å². The molecule has 15 heavy (non-hydrogen) atoms. The number of benzene rings is 1. The fraction of sp³-hybridized carbons (Fsp3) is 0.300. The molecule has 0 fully saturated rings. The number of carbonyl (C=O) groups excluding carboxylic acids is 1. The number of nitrogen functional groups attached to an aromatic ring is 1. The molecule has 0 aliphatic heterocycles. The van der Waals surface area contributed by atoms with Crippen molar-refractivity contribution in [2.45, 2.75) is 20.5 Å². The van der Waals surface area contributed by atoms with Gasteiger partial charge in [-0.15, -0.1) is 0 Å². The summed E-state index contributed by atoms with van der Waals surface area (Å²) in [5, 5.41) is 0. The highest BCUT2D eigenvalue weighted by atomic mass is 19.3. The van der Waals surface area contributed by atoms with E-state index in [0.717, 1.165) is 0 Å². The lowest BCUT2D eigenvalue weighted by molar-refractivity contribution is -0.0498. The Hall–Kier alpha value is -1.65. The van der Waals surface area contributed by atoms with E-state index in [-0.39, 0.29) is 17.2 Å². The first-order chi connectivity index (χ1) is 6.91. The average Bonchev–Trinajstić information content (AvgIpc) is 1.99. The van der Waals surface area contributed by atoms with E-state index in [1.165, 1.54) is 19.1 Å². The Kier molecular flexibility index (Phi) is 3.24. The van der Waals surface area contributed by atoms with Gasteiger partial charge in [-0.2, -0.15) is 8.78 Å². The second kappa shape index (κ2) is 4.25. The summed E-state index contributed by atoms with van der Waals surface area (Å²) >= 11 is 0. The lowest BCUT2D eigenvalue weighted by Crippen LogP contribution is -2.06. The molecule has 0 saturated carbocycles. The summed E-state index contributed by atoms with van der Waals surface area (Å²) in [7, 11) is 0. The maximum Gasteiger partial charge on any atom is 0.387 e. The van der Waals surface area contributed by atoms with E-state index in [1.807, 2.05) is 0 Å². The standard InChI is InChI=1S/C10H11F2NO2/c1-5-3-7(15-10(11)12)4-8(13)9(5)6(2)14/h3-4,10H,13H2,1-2H3. The number of halogens is 2. The Morgan fingerprint density at radius 2 is 2.07 bits per heavy atom. The third-order valence-corrected chi connectivity index (χ3v) is 1.92. The summed E-state index contributed by atoms with van der Waals surface area (Å²) in [5.74, 6) is -0.237. The number of aryl methyl sites for hydroxylation is 1. The summed E-state index contributed by atoms with van der Waals surface area (Å²) in [5.41, 5.74) is 6.57. The molecule has 0 aliphatic rings. The zero-order valence-corrected chi connectivity index (χ0v) is 8.38. The van der Waals surface area contributed by atoms with Crippen molar-refractivity contribution < 1.29 is 18.3 Å². The van der Waals surface area contributed by atoms with E-state index in [1.54, 1.807) is 6.92 Å². The van der Waals surface area contributed by atoms with Crippen molar-refractivity contribution >= 4 is 11.5 Å². The molecule has 0 radical (unpaired) electrons. The number of hydrogen-bond donors (Lipinski definition) is 1. The number of ether oxygens (including phenoxy) is 1. The molecule has 1 aromatic rings. The molecule has 0 aliphatic carbocycles. The SMILES string of the molecule is CC(=O)c1c(C)cc(OC(F)F)cc1N. The summed E-state index contributed by atoms with van der Waals surface area (Å²) in [6.07, 6.45) is 0. The molecular weight excluding hydrogens is 204 g/mol. The molecule has 0 heterocycles. The van der Waals surface area contributed by atoms with E-state index >= 15 is 0 Å². The van der Waals surface area contributed by atoms with Crippen LogP contribution < -0.4 is 10.5 Å². The smallest absolute Gasteiger partial charge is 0.387 e. The van der Waals surface area contributed by atoms with Gasteiger partial charge in [0.25, 0.3) is 0 Å². The Morgan fingerprint density at radius 1 is 1.47 bits per heavy atom. The van der Waals surface area contributed by atoms with E-state index in [0.29, 0.717) is 11.1 Å². The Balaban J connectivity index is 3.14. The van der Waals surface area contributed by atoms with Crippen molar-refractivity contribution in [3.63, 3.8) is 0 Å². The van der Waals surface area contributed by atoms with Gasteiger partial charge in [-0.3, -0.25) is 4.79 Å². The van der Waals surface area contributed by atoms with Gasteiger partial charge >= 0.3 is 6.61 Å². The highest BCUT2D eigenvalue weighted by Crippen LogP contribution is 2.25. The Bertz CT molecular complexity index is 368. The zero-order chi connectivity index (χ0) is 11.6. The highest BCUT2D eigenvalue weighted by molar-refractivity contribution is 6.00. The van der Waals surface area contributed by atoms with E-state index < -0.39 is 6.61 Å². The number of Topliss-reactive ketones (excluding diaryl/α,β-unsaturated/α-hetero) is 1. The van der Waals surface area contributed by atoms with Crippen LogP contribution in [0.15, 0.2) is 12.1 Å². The third-order valence-electron chi connectivity index (χ3n) is 1.92. The monoisotopic (exact) mass is 215 g/mol. The second-order valence-electron chi connectivity index (χ2n) is 3.14. The van der Waals surface area contributed by atoms with Crippen molar-refractivity contribution in [1.82, 2.24) is 0 Å². The molecule has 1 aromatic carbocycles. The molecule has 0 atom stereocenters. The van der Waals surface area contributed by atoms with Gasteiger partial charge < -0.3 is 10.5 Å². The lowest BCUT2D eigenvalue weighted by atomic mass is 10.0. The number of rotatable bonds is 3. The van der Waals surface area contributed by atoms with Crippen LogP contribution in [-0.2, 0) is 0 Å². The molecule has 0 bridgehead atoms.